The summed E-state index contributed by atoms with van der Waals surface area (Å²) in [6, 6.07) is 111. The first-order valence-electron chi connectivity index (χ1n) is 27.9. The van der Waals surface area contributed by atoms with Crippen molar-refractivity contribution >= 4 is 108 Å². The molecule has 0 aliphatic heterocycles. The molecule has 4 nitrogen and oxygen atoms in total. The van der Waals surface area contributed by atoms with E-state index in [0.29, 0.717) is 0 Å². The van der Waals surface area contributed by atoms with Crippen LogP contribution in [0.4, 0.5) is 0 Å². The molecule has 0 amide bonds. The van der Waals surface area contributed by atoms with Crippen molar-refractivity contribution in [3.05, 3.63) is 315 Å². The first-order chi connectivity index (χ1) is 41.4. The highest BCUT2D eigenvalue weighted by Crippen LogP contribution is 2.31. The normalized spacial score (nSPS) is 10.8. The van der Waals surface area contributed by atoms with Crippen LogP contribution in [0.1, 0.15) is 0 Å². The molecule has 12 aromatic rings. The van der Waals surface area contributed by atoms with Gasteiger partial charge in [-0.3, -0.25) is 21.3 Å². The Balaban J connectivity index is 0.000000175. The molecule has 0 unspecified atom stereocenters. The van der Waals surface area contributed by atoms with Gasteiger partial charge < -0.3 is 0 Å². The summed E-state index contributed by atoms with van der Waals surface area (Å²) in [6.07, 6.45) is 0. The molecule has 84 heavy (non-hydrogen) atoms. The maximum atomic E-state index is 4.02. The summed E-state index contributed by atoms with van der Waals surface area (Å²) >= 11 is 16.1. The summed E-state index contributed by atoms with van der Waals surface area (Å²) < 4.78 is 0. The average molecular weight is 1340 g/mol. The lowest BCUT2D eigenvalue weighted by Crippen LogP contribution is -2.56. The quantitative estimate of drug-likeness (QED) is 0.0511. The maximum Gasteiger partial charge on any atom is 0.347 e. The average Bonchev–Trinajstić information content (AvgIpc) is 3.77. The van der Waals surface area contributed by atoms with Gasteiger partial charge in [-0.2, -0.15) is 0 Å². The van der Waals surface area contributed by atoms with Gasteiger partial charge in [-0.1, -0.05) is 315 Å². The molecule has 0 saturated carbocycles. The van der Waals surface area contributed by atoms with Gasteiger partial charge in [0, 0.05) is 0 Å². The molecule has 0 fully saturated rings. The minimum Gasteiger partial charge on any atom is -0.290 e. The molecule has 0 aliphatic rings. The molecule has 0 aromatic heterocycles. The van der Waals surface area contributed by atoms with E-state index in [1.807, 2.05) is 0 Å². The molecule has 0 atom stereocenters. The molecule has 4 N–H and O–H groups in total. The lowest BCUT2D eigenvalue weighted by molar-refractivity contribution is 0.940. The second-order valence-corrected chi connectivity index (χ2v) is 23.7. The SMILES string of the molecule is BrB(NNB(Br)c1c(-c2ccccc2)cccc1-c1ccccc1)c1c(-c2ccccc2)cccc1-c1ccccc1.BrB(NNB(Br)c1c(-c2ccccc2)cccc1-c1ccccc1)c1c(-c2ccccc2)cccc1-c1ccccc1. The fourth-order valence-corrected chi connectivity index (χ4v) is 13.4. The molecule has 0 saturated heterocycles. The molecule has 404 valence electrons. The number of hydrogen-bond donors (Lipinski definition) is 4. The van der Waals surface area contributed by atoms with Crippen molar-refractivity contribution in [3.63, 3.8) is 0 Å². The fraction of sp³-hybridized carbons (Fsp3) is 0. The first-order valence-corrected chi connectivity index (χ1v) is 31.6. The van der Waals surface area contributed by atoms with Crippen molar-refractivity contribution in [2.24, 2.45) is 0 Å². The van der Waals surface area contributed by atoms with Crippen LogP contribution in [-0.2, 0) is 0 Å². The fourth-order valence-electron chi connectivity index (χ4n) is 10.9. The van der Waals surface area contributed by atoms with Crippen LogP contribution in [0.3, 0.4) is 0 Å². The molecular weight excluding hydrogens is 1280 g/mol. The zero-order valence-electron chi connectivity index (χ0n) is 45.8. The van der Waals surface area contributed by atoms with Crippen molar-refractivity contribution in [3.8, 4) is 89.0 Å². The predicted molar refractivity (Wildman–Crippen MR) is 379 cm³/mol. The zero-order chi connectivity index (χ0) is 57.5. The largest absolute Gasteiger partial charge is 0.347 e. The molecule has 12 heteroatoms. The summed E-state index contributed by atoms with van der Waals surface area (Å²) in [7, 11) is 0. The van der Waals surface area contributed by atoms with Crippen LogP contribution in [0.5, 0.6) is 0 Å². The number of hydrazine groups is 2. The monoisotopic (exact) mass is 1340 g/mol. The highest BCUT2D eigenvalue weighted by atomic mass is 79.9. The number of benzene rings is 12. The van der Waals surface area contributed by atoms with E-state index in [-0.39, 0.29) is 22.7 Å². The molecular formula is C72H56B4Br4N4. The number of nitrogens with one attached hydrogen (secondary N) is 4. The van der Waals surface area contributed by atoms with Crippen molar-refractivity contribution in [2.45, 2.75) is 0 Å². The Hall–Kier alpha value is -7.34. The summed E-state index contributed by atoms with van der Waals surface area (Å²) in [5, 5.41) is 14.4. The van der Waals surface area contributed by atoms with E-state index in [2.05, 4.69) is 400 Å². The Bertz CT molecular complexity index is 3270. The second-order valence-electron chi connectivity index (χ2n) is 20.0. The highest BCUT2D eigenvalue weighted by molar-refractivity contribution is 9.25. The lowest BCUT2D eigenvalue weighted by atomic mass is 9.71. The Morgan fingerprint density at radius 1 is 0.155 bits per heavy atom. The Kier molecular flexibility index (Phi) is 20.2. The summed E-state index contributed by atoms with van der Waals surface area (Å²) in [4.78, 5) is 0. The molecule has 0 spiro atoms. The van der Waals surface area contributed by atoms with Crippen molar-refractivity contribution in [1.82, 2.24) is 21.3 Å². The summed E-state index contributed by atoms with van der Waals surface area (Å²) in [5.41, 5.74) is 22.7. The van der Waals surface area contributed by atoms with Crippen LogP contribution < -0.4 is 43.2 Å². The standard InChI is InChI=1S/2C36H28B2Br2N2/c2*39-37(35-31(27-15-5-1-6-16-27)23-13-24-32(35)28-17-7-2-8-18-28)41-42-38(40)36-33(29-19-9-3-10-20-29)25-14-26-34(36)30-21-11-4-12-22-30/h2*1-26,41-42H. The van der Waals surface area contributed by atoms with Gasteiger partial charge in [0.25, 0.3) is 0 Å². The maximum absolute atomic E-state index is 4.02. The number of hydrogen-bond acceptors (Lipinski definition) is 4. The minimum absolute atomic E-state index is 0.187. The van der Waals surface area contributed by atoms with E-state index in [4.69, 9.17) is 0 Å². The topological polar surface area (TPSA) is 48.1 Å². The van der Waals surface area contributed by atoms with Crippen LogP contribution in [0.15, 0.2) is 315 Å². The third kappa shape index (κ3) is 13.9. The number of rotatable bonds is 18. The Morgan fingerprint density at radius 2 is 0.274 bits per heavy atom. The lowest BCUT2D eigenvalue weighted by Gasteiger charge is -2.23. The van der Waals surface area contributed by atoms with Crippen LogP contribution in [0.25, 0.3) is 89.0 Å². The second kappa shape index (κ2) is 29.0. The van der Waals surface area contributed by atoms with Crippen molar-refractivity contribution < 1.29 is 0 Å². The van der Waals surface area contributed by atoms with Crippen LogP contribution >= 0.6 is 63.0 Å². The predicted octanol–water partition coefficient (Wildman–Crippen LogP) is 16.7. The summed E-state index contributed by atoms with van der Waals surface area (Å²) in [6.45, 7) is 0. The zero-order valence-corrected chi connectivity index (χ0v) is 52.2. The van der Waals surface area contributed by atoms with Gasteiger partial charge in [0.1, 0.15) is 0 Å². The highest BCUT2D eigenvalue weighted by Gasteiger charge is 2.29. The van der Waals surface area contributed by atoms with Gasteiger partial charge in [-0.15, -0.1) is 63.0 Å². The molecule has 0 heterocycles. The molecule has 12 aromatic carbocycles. The van der Waals surface area contributed by atoms with Gasteiger partial charge in [-0.25, -0.2) is 0 Å². The summed E-state index contributed by atoms with van der Waals surface area (Å²) in [5.74, 6) is 0. The van der Waals surface area contributed by atoms with Crippen LogP contribution in [-0.4, -0.2) is 22.7 Å². The smallest absolute Gasteiger partial charge is 0.290 e. The van der Waals surface area contributed by atoms with Crippen molar-refractivity contribution in [1.29, 1.82) is 0 Å². The van der Waals surface area contributed by atoms with E-state index < -0.39 is 0 Å². The third-order valence-corrected chi connectivity index (χ3v) is 17.5. The van der Waals surface area contributed by atoms with E-state index in [1.54, 1.807) is 0 Å². The molecule has 0 bridgehead atoms. The minimum atomic E-state index is -0.187. The number of halogens is 4. The molecule has 0 radical (unpaired) electrons. The molecule has 0 aliphatic carbocycles. The van der Waals surface area contributed by atoms with Crippen molar-refractivity contribution in [2.75, 3.05) is 0 Å². The first kappa shape index (κ1) is 58.4. The van der Waals surface area contributed by atoms with Gasteiger partial charge in [0.15, 0.2) is 0 Å². The Labute approximate surface area is 528 Å². The van der Waals surface area contributed by atoms with E-state index in [9.17, 15) is 0 Å². The van der Waals surface area contributed by atoms with Crippen LogP contribution in [0.2, 0.25) is 0 Å². The van der Waals surface area contributed by atoms with E-state index in [1.165, 1.54) is 111 Å². The van der Waals surface area contributed by atoms with E-state index in [0.717, 1.165) is 0 Å². The van der Waals surface area contributed by atoms with Gasteiger partial charge >= 0.3 is 22.7 Å². The third-order valence-electron chi connectivity index (χ3n) is 14.8. The van der Waals surface area contributed by atoms with Gasteiger partial charge in [-0.05, 0) is 111 Å². The molecule has 12 rings (SSSR count). The van der Waals surface area contributed by atoms with Gasteiger partial charge in [0.05, 0.1) is 0 Å². The Morgan fingerprint density at radius 3 is 0.393 bits per heavy atom. The van der Waals surface area contributed by atoms with Gasteiger partial charge in [0.2, 0.25) is 0 Å². The van der Waals surface area contributed by atoms with E-state index >= 15 is 0 Å². The van der Waals surface area contributed by atoms with Crippen LogP contribution in [0, 0.1) is 0 Å².